The predicted octanol–water partition coefficient (Wildman–Crippen LogP) is 5.14. The van der Waals surface area contributed by atoms with E-state index in [4.69, 9.17) is 14.6 Å². The molecule has 0 spiro atoms. The second kappa shape index (κ2) is 11.3. The number of rotatable bonds is 11. The Morgan fingerprint density at radius 3 is 2.04 bits per heavy atom. The lowest BCUT2D eigenvalue weighted by Gasteiger charge is -2.08. The molecular weight excluding hydrogens is 328 g/mol. The molecule has 0 heterocycles. The van der Waals surface area contributed by atoms with Crippen LogP contribution in [0, 0.1) is 0 Å². The number of unbranched alkanes of at least 4 members (excludes halogenated alkanes) is 4. The van der Waals surface area contributed by atoms with Crippen molar-refractivity contribution >= 4 is 5.97 Å². The first kappa shape index (κ1) is 20.0. The minimum absolute atomic E-state index is 0.299. The Kier molecular flexibility index (Phi) is 8.70. The molecular formula is C22H28O4. The van der Waals surface area contributed by atoms with Crippen LogP contribution in [0.3, 0.4) is 0 Å². The maximum absolute atomic E-state index is 11.6. The average molecular weight is 356 g/mol. The van der Waals surface area contributed by atoms with Crippen LogP contribution in [0.25, 0.3) is 0 Å². The zero-order chi connectivity index (χ0) is 18.6. The van der Waals surface area contributed by atoms with Gasteiger partial charge in [-0.2, -0.15) is 0 Å². The van der Waals surface area contributed by atoms with E-state index in [0.717, 1.165) is 25.0 Å². The molecule has 0 unspecified atom stereocenters. The third-order valence-electron chi connectivity index (χ3n) is 4.15. The van der Waals surface area contributed by atoms with Crippen LogP contribution in [0.1, 0.15) is 54.9 Å². The Labute approximate surface area is 155 Å². The normalized spacial score (nSPS) is 10.5. The maximum atomic E-state index is 11.6. The summed E-state index contributed by atoms with van der Waals surface area (Å²) in [7, 11) is 0. The molecule has 0 saturated carbocycles. The molecule has 140 valence electrons. The van der Waals surface area contributed by atoms with E-state index in [1.54, 1.807) is 31.2 Å². The predicted molar refractivity (Wildman–Crippen MR) is 103 cm³/mol. The summed E-state index contributed by atoms with van der Waals surface area (Å²) >= 11 is 0. The van der Waals surface area contributed by atoms with E-state index in [9.17, 15) is 4.79 Å². The van der Waals surface area contributed by atoms with Gasteiger partial charge in [0.05, 0.1) is 12.2 Å². The molecule has 0 aliphatic rings. The van der Waals surface area contributed by atoms with Crippen LogP contribution in [0.4, 0.5) is 0 Å². The zero-order valence-electron chi connectivity index (χ0n) is 15.4. The van der Waals surface area contributed by atoms with Gasteiger partial charge in [0.15, 0.2) is 0 Å². The first-order valence-corrected chi connectivity index (χ1v) is 9.37. The Balaban J connectivity index is 1.78. The first-order chi connectivity index (χ1) is 12.7. The number of carbonyl (C=O) groups excluding carboxylic acids is 1. The lowest BCUT2D eigenvalue weighted by molar-refractivity contribution is 0.0526. The summed E-state index contributed by atoms with van der Waals surface area (Å²) in [6, 6.07) is 15.1. The van der Waals surface area contributed by atoms with Crippen molar-refractivity contribution < 1.29 is 19.4 Å². The molecule has 2 rings (SSSR count). The molecule has 0 bridgehead atoms. The van der Waals surface area contributed by atoms with Crippen LogP contribution in [0.5, 0.6) is 11.5 Å². The van der Waals surface area contributed by atoms with Crippen LogP contribution in [-0.4, -0.2) is 24.3 Å². The molecule has 0 atom stereocenters. The number of ether oxygens (including phenoxy) is 2. The largest absolute Gasteiger partial charge is 0.462 e. The molecule has 2 aromatic carbocycles. The number of benzene rings is 2. The molecule has 26 heavy (non-hydrogen) atoms. The Morgan fingerprint density at radius 2 is 1.42 bits per heavy atom. The number of esters is 1. The van der Waals surface area contributed by atoms with Crippen LogP contribution in [0.2, 0.25) is 0 Å². The fourth-order valence-corrected chi connectivity index (χ4v) is 2.70. The minimum Gasteiger partial charge on any atom is -0.462 e. The molecule has 0 aliphatic carbocycles. The molecule has 0 radical (unpaired) electrons. The van der Waals surface area contributed by atoms with Gasteiger partial charge in [0.1, 0.15) is 11.5 Å². The molecule has 0 aliphatic heterocycles. The van der Waals surface area contributed by atoms with Crippen molar-refractivity contribution in [3.63, 3.8) is 0 Å². The van der Waals surface area contributed by atoms with Gasteiger partial charge in [0.2, 0.25) is 0 Å². The molecule has 0 aromatic heterocycles. The van der Waals surface area contributed by atoms with E-state index in [0.29, 0.717) is 24.5 Å². The standard InChI is InChI=1S/C22H28O4/c1-2-25-22(24)19-11-15-21(16-12-19)26-20-13-9-18(10-14-20)8-6-4-3-5-7-17-23/h9-16,23H,2-8,17H2,1H3. The number of hydrogen-bond acceptors (Lipinski definition) is 4. The quantitative estimate of drug-likeness (QED) is 0.447. The van der Waals surface area contributed by atoms with Gasteiger partial charge >= 0.3 is 5.97 Å². The summed E-state index contributed by atoms with van der Waals surface area (Å²) in [5, 5.41) is 8.76. The molecule has 1 N–H and O–H groups in total. The van der Waals surface area contributed by atoms with E-state index < -0.39 is 0 Å². The lowest BCUT2D eigenvalue weighted by Crippen LogP contribution is -2.03. The molecule has 0 fully saturated rings. The van der Waals surface area contributed by atoms with Crippen LogP contribution in [0.15, 0.2) is 48.5 Å². The van der Waals surface area contributed by atoms with Crippen LogP contribution >= 0.6 is 0 Å². The summed E-state index contributed by atoms with van der Waals surface area (Å²) in [4.78, 5) is 11.6. The summed E-state index contributed by atoms with van der Waals surface area (Å²) in [5.41, 5.74) is 1.82. The topological polar surface area (TPSA) is 55.8 Å². The number of aliphatic hydroxyl groups is 1. The molecule has 4 nitrogen and oxygen atoms in total. The Bertz CT molecular complexity index is 647. The fraction of sp³-hybridized carbons (Fsp3) is 0.409. The maximum Gasteiger partial charge on any atom is 0.338 e. The van der Waals surface area contributed by atoms with Gasteiger partial charge in [-0.15, -0.1) is 0 Å². The lowest BCUT2D eigenvalue weighted by atomic mass is 10.1. The van der Waals surface area contributed by atoms with Gasteiger partial charge in [-0.25, -0.2) is 4.79 Å². The highest BCUT2D eigenvalue weighted by molar-refractivity contribution is 5.89. The van der Waals surface area contributed by atoms with Crippen molar-refractivity contribution in [2.75, 3.05) is 13.2 Å². The highest BCUT2D eigenvalue weighted by atomic mass is 16.5. The number of carbonyl (C=O) groups is 1. The molecule has 0 saturated heterocycles. The second-order valence-corrected chi connectivity index (χ2v) is 6.23. The van der Waals surface area contributed by atoms with E-state index in [-0.39, 0.29) is 5.97 Å². The van der Waals surface area contributed by atoms with Crippen molar-refractivity contribution in [3.05, 3.63) is 59.7 Å². The minimum atomic E-state index is -0.320. The highest BCUT2D eigenvalue weighted by Gasteiger charge is 2.06. The molecule has 4 heteroatoms. The Morgan fingerprint density at radius 1 is 0.846 bits per heavy atom. The van der Waals surface area contributed by atoms with Crippen molar-refractivity contribution in [3.8, 4) is 11.5 Å². The van der Waals surface area contributed by atoms with Gasteiger partial charge in [0.25, 0.3) is 0 Å². The smallest absolute Gasteiger partial charge is 0.338 e. The fourth-order valence-electron chi connectivity index (χ4n) is 2.70. The summed E-state index contributed by atoms with van der Waals surface area (Å²) in [6.07, 6.45) is 6.63. The van der Waals surface area contributed by atoms with E-state index in [1.807, 2.05) is 12.1 Å². The summed E-state index contributed by atoms with van der Waals surface area (Å²) < 4.78 is 10.8. The van der Waals surface area contributed by atoms with Crippen molar-refractivity contribution in [1.29, 1.82) is 0 Å². The Hall–Kier alpha value is -2.33. The molecule has 0 amide bonds. The summed E-state index contributed by atoms with van der Waals surface area (Å²) in [6.45, 7) is 2.45. The third kappa shape index (κ3) is 6.89. The monoisotopic (exact) mass is 356 g/mol. The molecule has 2 aromatic rings. The van der Waals surface area contributed by atoms with Crippen molar-refractivity contribution in [2.45, 2.75) is 45.4 Å². The van der Waals surface area contributed by atoms with Crippen molar-refractivity contribution in [2.24, 2.45) is 0 Å². The summed E-state index contributed by atoms with van der Waals surface area (Å²) in [5.74, 6) is 1.15. The van der Waals surface area contributed by atoms with Gasteiger partial charge in [-0.1, -0.05) is 31.4 Å². The second-order valence-electron chi connectivity index (χ2n) is 6.23. The van der Waals surface area contributed by atoms with Gasteiger partial charge in [-0.05, 0) is 68.1 Å². The zero-order valence-corrected chi connectivity index (χ0v) is 15.4. The average Bonchev–Trinajstić information content (AvgIpc) is 2.66. The number of aliphatic hydroxyl groups excluding tert-OH is 1. The third-order valence-corrected chi connectivity index (χ3v) is 4.15. The van der Waals surface area contributed by atoms with Crippen LogP contribution in [-0.2, 0) is 11.2 Å². The van der Waals surface area contributed by atoms with Gasteiger partial charge in [0, 0.05) is 6.61 Å². The van der Waals surface area contributed by atoms with E-state index in [2.05, 4.69) is 12.1 Å². The van der Waals surface area contributed by atoms with Gasteiger partial charge in [-0.3, -0.25) is 0 Å². The van der Waals surface area contributed by atoms with E-state index in [1.165, 1.54) is 24.8 Å². The first-order valence-electron chi connectivity index (χ1n) is 9.37. The highest BCUT2D eigenvalue weighted by Crippen LogP contribution is 2.23. The SMILES string of the molecule is CCOC(=O)c1ccc(Oc2ccc(CCCCCCCO)cc2)cc1. The van der Waals surface area contributed by atoms with Crippen LogP contribution < -0.4 is 4.74 Å². The van der Waals surface area contributed by atoms with E-state index >= 15 is 0 Å². The number of hydrogen-bond donors (Lipinski definition) is 1. The van der Waals surface area contributed by atoms with Gasteiger partial charge < -0.3 is 14.6 Å². The number of aryl methyl sites for hydroxylation is 1. The van der Waals surface area contributed by atoms with Crippen molar-refractivity contribution in [1.82, 2.24) is 0 Å².